The molecule has 0 spiro atoms. The van der Waals surface area contributed by atoms with Gasteiger partial charge >= 0.3 is 0 Å². The van der Waals surface area contributed by atoms with Crippen molar-refractivity contribution in [1.29, 1.82) is 0 Å². The zero-order valence-corrected chi connectivity index (χ0v) is 15.4. The standard InChI is InChI=1S/C17H20N2O3S2/c1-12-16(23-13(2)18-12)17(20)19-9-8-15(24(21,22)11-10-19)14-6-4-3-5-7-14/h3-7,15H,8-11H2,1-2H3. The van der Waals surface area contributed by atoms with Gasteiger partial charge < -0.3 is 4.90 Å². The molecule has 3 rings (SSSR count). The summed E-state index contributed by atoms with van der Waals surface area (Å²) in [5, 5.41) is 0.307. The molecule has 1 aromatic heterocycles. The Morgan fingerprint density at radius 3 is 2.54 bits per heavy atom. The van der Waals surface area contributed by atoms with Gasteiger partial charge in [-0.15, -0.1) is 11.3 Å². The van der Waals surface area contributed by atoms with E-state index in [-0.39, 0.29) is 18.2 Å². The molecule has 1 fully saturated rings. The lowest BCUT2D eigenvalue weighted by atomic mass is 10.1. The Hall–Kier alpha value is -1.73. The first-order valence-electron chi connectivity index (χ1n) is 7.88. The lowest BCUT2D eigenvalue weighted by Crippen LogP contribution is -2.33. The van der Waals surface area contributed by atoms with Gasteiger partial charge in [0, 0.05) is 13.1 Å². The molecule has 1 saturated heterocycles. The minimum absolute atomic E-state index is 0.00483. The average Bonchev–Trinajstić information content (AvgIpc) is 2.79. The van der Waals surface area contributed by atoms with Crippen LogP contribution < -0.4 is 0 Å². The molecule has 0 aliphatic carbocycles. The third-order valence-corrected chi connectivity index (χ3v) is 7.48. The third-order valence-electron chi connectivity index (χ3n) is 4.30. The summed E-state index contributed by atoms with van der Waals surface area (Å²) in [4.78, 5) is 19.3. The Labute approximate surface area is 146 Å². The highest BCUT2D eigenvalue weighted by Crippen LogP contribution is 2.30. The van der Waals surface area contributed by atoms with Crippen molar-refractivity contribution in [1.82, 2.24) is 9.88 Å². The number of hydrogen-bond acceptors (Lipinski definition) is 5. The second-order valence-corrected chi connectivity index (χ2v) is 9.50. The molecule has 1 aliphatic rings. The number of thiazole rings is 1. The summed E-state index contributed by atoms with van der Waals surface area (Å²) >= 11 is 1.37. The first kappa shape index (κ1) is 17.1. The predicted octanol–water partition coefficient (Wildman–Crippen LogP) is 2.76. The van der Waals surface area contributed by atoms with Crippen molar-refractivity contribution in [2.75, 3.05) is 18.8 Å². The molecule has 2 heterocycles. The van der Waals surface area contributed by atoms with Crippen LogP contribution in [0.4, 0.5) is 0 Å². The number of carbonyl (C=O) groups is 1. The van der Waals surface area contributed by atoms with Crippen LogP contribution in [0.2, 0.25) is 0 Å². The second kappa shape index (κ2) is 6.64. The molecule has 0 radical (unpaired) electrons. The van der Waals surface area contributed by atoms with Gasteiger partial charge in [0.25, 0.3) is 5.91 Å². The van der Waals surface area contributed by atoms with Gasteiger partial charge in [0.2, 0.25) is 0 Å². The van der Waals surface area contributed by atoms with Crippen molar-refractivity contribution in [2.45, 2.75) is 25.5 Å². The van der Waals surface area contributed by atoms with Crippen LogP contribution >= 0.6 is 11.3 Å². The van der Waals surface area contributed by atoms with Crippen molar-refractivity contribution < 1.29 is 13.2 Å². The van der Waals surface area contributed by atoms with Crippen LogP contribution in [-0.4, -0.2) is 43.1 Å². The van der Waals surface area contributed by atoms with Crippen LogP contribution in [0, 0.1) is 13.8 Å². The number of hydrogen-bond donors (Lipinski definition) is 0. The largest absolute Gasteiger partial charge is 0.337 e. The molecule has 1 amide bonds. The Kier molecular flexibility index (Phi) is 4.73. The van der Waals surface area contributed by atoms with Gasteiger partial charge in [-0.25, -0.2) is 13.4 Å². The fraction of sp³-hybridized carbons (Fsp3) is 0.412. The van der Waals surface area contributed by atoms with Crippen LogP contribution in [0.15, 0.2) is 30.3 Å². The van der Waals surface area contributed by atoms with Crippen molar-refractivity contribution in [3.8, 4) is 0 Å². The van der Waals surface area contributed by atoms with Crippen LogP contribution in [0.25, 0.3) is 0 Å². The minimum Gasteiger partial charge on any atom is -0.337 e. The monoisotopic (exact) mass is 364 g/mol. The highest BCUT2D eigenvalue weighted by Gasteiger charge is 2.33. The molecule has 0 bridgehead atoms. The van der Waals surface area contributed by atoms with E-state index >= 15 is 0 Å². The second-order valence-electron chi connectivity index (χ2n) is 5.99. The van der Waals surface area contributed by atoms with Gasteiger partial charge in [0.05, 0.1) is 21.7 Å². The minimum atomic E-state index is -3.27. The summed E-state index contributed by atoms with van der Waals surface area (Å²) in [5.74, 6) is -0.114. The van der Waals surface area contributed by atoms with E-state index in [9.17, 15) is 13.2 Å². The van der Waals surface area contributed by atoms with Crippen LogP contribution in [0.3, 0.4) is 0 Å². The van der Waals surface area contributed by atoms with E-state index in [4.69, 9.17) is 0 Å². The molecule has 1 aliphatic heterocycles. The first-order valence-corrected chi connectivity index (χ1v) is 10.4. The Bertz CT molecular complexity index is 844. The number of carbonyl (C=O) groups excluding carboxylic acids is 1. The maximum absolute atomic E-state index is 12.7. The average molecular weight is 364 g/mol. The quantitative estimate of drug-likeness (QED) is 0.822. The Morgan fingerprint density at radius 2 is 1.92 bits per heavy atom. The molecular formula is C17H20N2O3S2. The molecule has 7 heteroatoms. The topological polar surface area (TPSA) is 67.3 Å². The molecule has 1 unspecified atom stereocenters. The van der Waals surface area contributed by atoms with Gasteiger partial charge in [-0.1, -0.05) is 30.3 Å². The van der Waals surface area contributed by atoms with Crippen molar-refractivity contribution in [2.24, 2.45) is 0 Å². The van der Waals surface area contributed by atoms with Gasteiger partial charge in [-0.2, -0.15) is 0 Å². The predicted molar refractivity (Wildman–Crippen MR) is 95.1 cm³/mol. The Morgan fingerprint density at radius 1 is 1.21 bits per heavy atom. The fourth-order valence-corrected chi connectivity index (χ4v) is 5.75. The van der Waals surface area contributed by atoms with Gasteiger partial charge in [-0.3, -0.25) is 4.79 Å². The lowest BCUT2D eigenvalue weighted by molar-refractivity contribution is 0.0770. The molecule has 5 nitrogen and oxygen atoms in total. The van der Waals surface area contributed by atoms with E-state index in [1.165, 1.54) is 11.3 Å². The number of amides is 1. The summed E-state index contributed by atoms with van der Waals surface area (Å²) in [5.41, 5.74) is 1.52. The van der Waals surface area contributed by atoms with Crippen molar-refractivity contribution in [3.63, 3.8) is 0 Å². The van der Waals surface area contributed by atoms with Crippen molar-refractivity contribution in [3.05, 3.63) is 51.5 Å². The normalized spacial score (nSPS) is 20.6. The van der Waals surface area contributed by atoms with Gasteiger partial charge in [-0.05, 0) is 25.8 Å². The summed E-state index contributed by atoms with van der Waals surface area (Å²) in [7, 11) is -3.27. The number of aromatic nitrogens is 1. The van der Waals surface area contributed by atoms with Gasteiger partial charge in [0.1, 0.15) is 4.88 Å². The first-order chi connectivity index (χ1) is 11.4. The van der Waals surface area contributed by atoms with Crippen LogP contribution in [0.1, 0.15) is 37.6 Å². The molecular weight excluding hydrogens is 344 g/mol. The fourth-order valence-electron chi connectivity index (χ4n) is 3.06. The summed E-state index contributed by atoms with van der Waals surface area (Å²) in [6.07, 6.45) is 0.426. The summed E-state index contributed by atoms with van der Waals surface area (Å²) in [6.45, 7) is 4.36. The zero-order chi connectivity index (χ0) is 17.3. The molecule has 1 atom stereocenters. The van der Waals surface area contributed by atoms with E-state index < -0.39 is 15.1 Å². The van der Waals surface area contributed by atoms with Gasteiger partial charge in [0.15, 0.2) is 9.84 Å². The number of nitrogens with zero attached hydrogens (tertiary/aromatic N) is 2. The molecule has 2 aromatic rings. The molecule has 0 N–H and O–H groups in total. The smallest absolute Gasteiger partial charge is 0.265 e. The number of aryl methyl sites for hydroxylation is 2. The van der Waals surface area contributed by atoms with Crippen LogP contribution in [-0.2, 0) is 9.84 Å². The summed E-state index contributed by atoms with van der Waals surface area (Å²) in [6, 6.07) is 9.26. The number of benzene rings is 1. The number of rotatable bonds is 2. The number of sulfone groups is 1. The highest BCUT2D eigenvalue weighted by molar-refractivity contribution is 7.91. The third kappa shape index (κ3) is 3.37. The molecule has 24 heavy (non-hydrogen) atoms. The maximum Gasteiger partial charge on any atom is 0.265 e. The van der Waals surface area contributed by atoms with E-state index in [0.717, 1.165) is 10.6 Å². The highest BCUT2D eigenvalue weighted by atomic mass is 32.2. The molecule has 1 aromatic carbocycles. The molecule has 0 saturated carbocycles. The maximum atomic E-state index is 12.7. The lowest BCUT2D eigenvalue weighted by Gasteiger charge is -2.19. The Balaban J connectivity index is 1.84. The molecule has 128 valence electrons. The van der Waals surface area contributed by atoms with E-state index in [2.05, 4.69) is 4.98 Å². The van der Waals surface area contributed by atoms with Crippen molar-refractivity contribution >= 4 is 27.1 Å². The van der Waals surface area contributed by atoms with E-state index in [1.54, 1.807) is 4.90 Å². The van der Waals surface area contributed by atoms with E-state index in [0.29, 0.717) is 23.5 Å². The van der Waals surface area contributed by atoms with Crippen LogP contribution in [0.5, 0.6) is 0 Å². The SMILES string of the molecule is Cc1nc(C)c(C(=O)N2CCC(c3ccccc3)S(=O)(=O)CC2)s1. The van der Waals surface area contributed by atoms with E-state index in [1.807, 2.05) is 44.2 Å². The zero-order valence-electron chi connectivity index (χ0n) is 13.7. The summed E-state index contributed by atoms with van der Waals surface area (Å²) < 4.78 is 25.3.